The molecule has 1 aromatic carbocycles. The predicted molar refractivity (Wildman–Crippen MR) is 84.7 cm³/mol. The van der Waals surface area contributed by atoms with Crippen molar-refractivity contribution in [1.29, 1.82) is 0 Å². The van der Waals surface area contributed by atoms with Crippen molar-refractivity contribution in [3.63, 3.8) is 0 Å². The molecule has 0 bridgehead atoms. The van der Waals surface area contributed by atoms with Gasteiger partial charge in [-0.2, -0.15) is 0 Å². The molecule has 3 nitrogen and oxygen atoms in total. The van der Waals surface area contributed by atoms with Gasteiger partial charge in [0.05, 0.1) is 6.61 Å². The van der Waals surface area contributed by atoms with Gasteiger partial charge in [0.25, 0.3) is 0 Å². The van der Waals surface area contributed by atoms with Gasteiger partial charge >= 0.3 is 0 Å². The van der Waals surface area contributed by atoms with E-state index in [1.54, 1.807) is 0 Å². The van der Waals surface area contributed by atoms with Crippen molar-refractivity contribution in [1.82, 2.24) is 10.2 Å². The Kier molecular flexibility index (Phi) is 5.86. The summed E-state index contributed by atoms with van der Waals surface area (Å²) in [7, 11) is 0. The molecule has 1 aliphatic heterocycles. The Morgan fingerprint density at radius 3 is 2.60 bits per heavy atom. The minimum absolute atomic E-state index is 0.806. The molecule has 0 atom stereocenters. The maximum Gasteiger partial charge on any atom is 0.122 e. The van der Waals surface area contributed by atoms with Gasteiger partial charge in [-0.3, -0.25) is 0 Å². The third kappa shape index (κ3) is 4.22. The van der Waals surface area contributed by atoms with E-state index in [9.17, 15) is 0 Å². The van der Waals surface area contributed by atoms with Crippen LogP contribution in [-0.2, 0) is 6.42 Å². The fourth-order valence-electron chi connectivity index (χ4n) is 2.70. The molecule has 0 saturated carbocycles. The summed E-state index contributed by atoms with van der Waals surface area (Å²) in [6.07, 6.45) is 2.20. The average Bonchev–Trinajstić information content (AvgIpc) is 2.47. The molecule has 1 heterocycles. The number of nitrogens with one attached hydrogen (secondary N) is 1. The summed E-state index contributed by atoms with van der Waals surface area (Å²) in [6, 6.07) is 4.51. The van der Waals surface area contributed by atoms with Crippen molar-refractivity contribution in [2.24, 2.45) is 0 Å². The van der Waals surface area contributed by atoms with Crippen LogP contribution in [0.5, 0.6) is 5.75 Å². The fourth-order valence-corrected chi connectivity index (χ4v) is 2.70. The number of hydrogen-bond donors (Lipinski definition) is 1. The normalized spacial score (nSPS) is 16.4. The second-order valence-electron chi connectivity index (χ2n) is 5.73. The smallest absolute Gasteiger partial charge is 0.122 e. The van der Waals surface area contributed by atoms with Crippen molar-refractivity contribution >= 4 is 0 Å². The second kappa shape index (κ2) is 7.65. The zero-order valence-electron chi connectivity index (χ0n) is 13.2. The van der Waals surface area contributed by atoms with Gasteiger partial charge in [-0.15, -0.1) is 0 Å². The lowest BCUT2D eigenvalue weighted by atomic mass is 10.0. The van der Waals surface area contributed by atoms with E-state index in [0.717, 1.165) is 44.8 Å². The summed E-state index contributed by atoms with van der Waals surface area (Å²) in [5.41, 5.74) is 4.08. The third-order valence-corrected chi connectivity index (χ3v) is 4.00. The monoisotopic (exact) mass is 276 g/mol. The first-order chi connectivity index (χ1) is 9.70. The predicted octanol–water partition coefficient (Wildman–Crippen LogP) is 2.54. The first-order valence-electron chi connectivity index (χ1n) is 7.86. The molecule has 1 aromatic rings. The third-order valence-electron chi connectivity index (χ3n) is 4.00. The number of piperazine rings is 1. The van der Waals surface area contributed by atoms with Gasteiger partial charge in [0.2, 0.25) is 0 Å². The highest BCUT2D eigenvalue weighted by molar-refractivity contribution is 5.41. The summed E-state index contributed by atoms with van der Waals surface area (Å²) in [5, 5.41) is 3.40. The Labute approximate surface area is 123 Å². The number of benzene rings is 1. The van der Waals surface area contributed by atoms with Crippen LogP contribution >= 0.6 is 0 Å². The first-order valence-corrected chi connectivity index (χ1v) is 7.86. The zero-order valence-corrected chi connectivity index (χ0v) is 13.2. The molecule has 2 rings (SSSR count). The summed E-state index contributed by atoms with van der Waals surface area (Å²) in [4.78, 5) is 2.55. The lowest BCUT2D eigenvalue weighted by Crippen LogP contribution is -2.44. The number of aryl methyl sites for hydroxylation is 2. The highest BCUT2D eigenvalue weighted by atomic mass is 16.5. The van der Waals surface area contributed by atoms with Crippen LogP contribution in [0.3, 0.4) is 0 Å². The Morgan fingerprint density at radius 2 is 1.90 bits per heavy atom. The lowest BCUT2D eigenvalue weighted by Gasteiger charge is -2.27. The molecule has 0 unspecified atom stereocenters. The van der Waals surface area contributed by atoms with Crippen molar-refractivity contribution in [3.05, 3.63) is 28.8 Å². The number of hydrogen-bond acceptors (Lipinski definition) is 3. The molecule has 1 saturated heterocycles. The van der Waals surface area contributed by atoms with Crippen LogP contribution < -0.4 is 10.1 Å². The topological polar surface area (TPSA) is 24.5 Å². The van der Waals surface area contributed by atoms with E-state index in [-0.39, 0.29) is 0 Å². The Morgan fingerprint density at radius 1 is 1.15 bits per heavy atom. The minimum Gasteiger partial charge on any atom is -0.493 e. The van der Waals surface area contributed by atoms with Gasteiger partial charge in [-0.25, -0.2) is 0 Å². The van der Waals surface area contributed by atoms with E-state index in [4.69, 9.17) is 4.74 Å². The average molecular weight is 276 g/mol. The summed E-state index contributed by atoms with van der Waals surface area (Å²) in [6.45, 7) is 13.1. The molecule has 1 fully saturated rings. The molecule has 20 heavy (non-hydrogen) atoms. The van der Waals surface area contributed by atoms with E-state index in [0.29, 0.717) is 0 Å². The highest BCUT2D eigenvalue weighted by Crippen LogP contribution is 2.23. The van der Waals surface area contributed by atoms with Crippen LogP contribution in [0, 0.1) is 13.8 Å². The quantitative estimate of drug-likeness (QED) is 0.864. The molecular weight excluding hydrogens is 248 g/mol. The molecule has 1 N–H and O–H groups in total. The van der Waals surface area contributed by atoms with Crippen molar-refractivity contribution in [2.45, 2.75) is 33.6 Å². The van der Waals surface area contributed by atoms with Crippen LogP contribution in [-0.4, -0.2) is 44.2 Å². The van der Waals surface area contributed by atoms with Crippen LogP contribution in [0.4, 0.5) is 0 Å². The van der Waals surface area contributed by atoms with Gasteiger partial charge < -0.3 is 15.0 Å². The van der Waals surface area contributed by atoms with Crippen molar-refractivity contribution in [2.75, 3.05) is 39.3 Å². The summed E-state index contributed by atoms with van der Waals surface area (Å²) in [5.74, 6) is 1.05. The van der Waals surface area contributed by atoms with E-state index >= 15 is 0 Å². The Balaban J connectivity index is 1.95. The largest absolute Gasteiger partial charge is 0.493 e. The van der Waals surface area contributed by atoms with Crippen LogP contribution in [0.15, 0.2) is 12.1 Å². The van der Waals surface area contributed by atoms with E-state index in [1.165, 1.54) is 29.8 Å². The molecule has 0 amide bonds. The van der Waals surface area contributed by atoms with E-state index in [2.05, 4.69) is 43.1 Å². The zero-order chi connectivity index (χ0) is 14.4. The Hall–Kier alpha value is -1.06. The second-order valence-corrected chi connectivity index (χ2v) is 5.73. The van der Waals surface area contributed by atoms with Crippen LogP contribution in [0.25, 0.3) is 0 Å². The number of rotatable bonds is 6. The molecule has 0 aliphatic carbocycles. The molecule has 0 radical (unpaired) electrons. The molecular formula is C17H28N2O. The maximum atomic E-state index is 5.80. The lowest BCUT2D eigenvalue weighted by molar-refractivity contribution is 0.243. The standard InChI is InChI=1S/C17H28N2O/c1-4-11-20-17-13-14(2)16(12-15(17)3)5-8-19-9-6-18-7-10-19/h12-13,18H,4-11H2,1-3H3. The summed E-state index contributed by atoms with van der Waals surface area (Å²) >= 11 is 0. The molecule has 3 heteroatoms. The van der Waals surface area contributed by atoms with Gasteiger partial charge in [-0.05, 0) is 49.4 Å². The van der Waals surface area contributed by atoms with Crippen molar-refractivity contribution in [3.8, 4) is 5.75 Å². The van der Waals surface area contributed by atoms with Crippen LogP contribution in [0.1, 0.15) is 30.0 Å². The van der Waals surface area contributed by atoms with Crippen molar-refractivity contribution < 1.29 is 4.74 Å². The molecule has 0 aromatic heterocycles. The van der Waals surface area contributed by atoms with Crippen LogP contribution in [0.2, 0.25) is 0 Å². The molecule has 1 aliphatic rings. The fraction of sp³-hybridized carbons (Fsp3) is 0.647. The molecule has 0 spiro atoms. The number of ether oxygens (including phenoxy) is 1. The maximum absolute atomic E-state index is 5.80. The Bertz CT molecular complexity index is 425. The van der Waals surface area contributed by atoms with E-state index in [1.807, 2.05) is 0 Å². The van der Waals surface area contributed by atoms with E-state index < -0.39 is 0 Å². The number of nitrogens with zero attached hydrogens (tertiary/aromatic N) is 1. The molecule has 112 valence electrons. The van der Waals surface area contributed by atoms with Gasteiger partial charge in [0.15, 0.2) is 0 Å². The SMILES string of the molecule is CCCOc1cc(C)c(CCN2CCNCC2)cc1C. The first kappa shape index (κ1) is 15.3. The summed E-state index contributed by atoms with van der Waals surface area (Å²) < 4.78 is 5.80. The highest BCUT2D eigenvalue weighted by Gasteiger charge is 2.11. The minimum atomic E-state index is 0.806. The van der Waals surface area contributed by atoms with Gasteiger partial charge in [-0.1, -0.05) is 13.0 Å². The van der Waals surface area contributed by atoms with Gasteiger partial charge in [0, 0.05) is 32.7 Å². The van der Waals surface area contributed by atoms with Gasteiger partial charge in [0.1, 0.15) is 5.75 Å².